The van der Waals surface area contributed by atoms with E-state index in [1.54, 1.807) is 0 Å². The van der Waals surface area contributed by atoms with Gasteiger partial charge in [0.25, 0.3) is 0 Å². The van der Waals surface area contributed by atoms with Gasteiger partial charge in [0, 0.05) is 62.9 Å². The van der Waals surface area contributed by atoms with E-state index < -0.39 is 0 Å². The predicted octanol–water partition coefficient (Wildman–Crippen LogP) is 3.80. The first kappa shape index (κ1) is 18.8. The molecule has 0 amide bonds. The van der Waals surface area contributed by atoms with Crippen molar-refractivity contribution in [2.75, 3.05) is 42.6 Å². The number of para-hydroxylation sites is 1. The Kier molecular flexibility index (Phi) is 5.44. The van der Waals surface area contributed by atoms with Crippen LogP contribution < -0.4 is 9.80 Å². The number of pyridine rings is 1. The van der Waals surface area contributed by atoms with E-state index in [4.69, 9.17) is 0 Å². The second kappa shape index (κ2) is 8.67. The zero-order chi connectivity index (χ0) is 20.2. The van der Waals surface area contributed by atoms with Crippen LogP contribution in [0.25, 0.3) is 0 Å². The van der Waals surface area contributed by atoms with E-state index in [1.165, 1.54) is 22.4 Å². The molecule has 3 heterocycles. The third-order valence-electron chi connectivity index (χ3n) is 5.88. The van der Waals surface area contributed by atoms with Gasteiger partial charge in [0.05, 0.1) is 0 Å². The lowest BCUT2D eigenvalue weighted by Gasteiger charge is -2.35. The summed E-state index contributed by atoms with van der Waals surface area (Å²) in [6.45, 7) is 6.79. The number of piperazine rings is 1. The Morgan fingerprint density at radius 2 is 1.57 bits per heavy atom. The molecule has 0 radical (unpaired) electrons. The van der Waals surface area contributed by atoms with E-state index in [1.807, 2.05) is 18.5 Å². The number of benzene rings is 2. The molecule has 30 heavy (non-hydrogen) atoms. The second-order valence-electron chi connectivity index (χ2n) is 7.98. The molecule has 2 aliphatic heterocycles. The highest BCUT2D eigenvalue weighted by atomic mass is 15.3. The van der Waals surface area contributed by atoms with Crippen molar-refractivity contribution < 1.29 is 0 Å². The molecule has 0 spiro atoms. The van der Waals surface area contributed by atoms with Crippen LogP contribution in [0.2, 0.25) is 0 Å². The van der Waals surface area contributed by atoms with Crippen molar-refractivity contribution in [1.29, 1.82) is 0 Å². The molecule has 5 rings (SSSR count). The van der Waals surface area contributed by atoms with Gasteiger partial charge in [0.2, 0.25) is 0 Å². The van der Waals surface area contributed by atoms with Gasteiger partial charge in [-0.25, -0.2) is 4.98 Å². The molecule has 1 fully saturated rings. The Morgan fingerprint density at radius 1 is 0.767 bits per heavy atom. The fourth-order valence-corrected chi connectivity index (χ4v) is 4.31. The Labute approximate surface area is 178 Å². The van der Waals surface area contributed by atoms with Gasteiger partial charge in [-0.05, 0) is 29.3 Å². The molecule has 5 nitrogen and oxygen atoms in total. The molecule has 0 atom stereocenters. The highest BCUT2D eigenvalue weighted by Crippen LogP contribution is 2.24. The van der Waals surface area contributed by atoms with E-state index in [0.29, 0.717) is 0 Å². The van der Waals surface area contributed by atoms with Crippen molar-refractivity contribution in [1.82, 2.24) is 9.88 Å². The van der Waals surface area contributed by atoms with Gasteiger partial charge in [-0.2, -0.15) is 0 Å². The topological polar surface area (TPSA) is 35.0 Å². The Bertz CT molecular complexity index is 1010. The fraction of sp³-hybridized carbons (Fsp3) is 0.280. The van der Waals surface area contributed by atoms with Crippen LogP contribution in [0.5, 0.6) is 0 Å². The molecule has 0 unspecified atom stereocenters. The molecule has 1 saturated heterocycles. The van der Waals surface area contributed by atoms with Gasteiger partial charge in [-0.3, -0.25) is 9.89 Å². The number of aromatic nitrogens is 1. The molecule has 152 valence electrons. The fourth-order valence-electron chi connectivity index (χ4n) is 4.31. The summed E-state index contributed by atoms with van der Waals surface area (Å²) in [5, 5.41) is 0. The zero-order valence-electron chi connectivity index (χ0n) is 17.2. The summed E-state index contributed by atoms with van der Waals surface area (Å²) in [6.07, 6.45) is 3.85. The minimum Gasteiger partial charge on any atom is -0.354 e. The first-order valence-electron chi connectivity index (χ1n) is 10.7. The summed E-state index contributed by atoms with van der Waals surface area (Å²) in [5.41, 5.74) is 5.19. The van der Waals surface area contributed by atoms with Gasteiger partial charge >= 0.3 is 0 Å². The molecule has 1 aromatic heterocycles. The SMILES string of the molecule is C1=NCN(Cc2cccc(CN3CCN(c4ccccn4)CC3)c2)c2ccccc21. The van der Waals surface area contributed by atoms with Gasteiger partial charge in [0.15, 0.2) is 0 Å². The van der Waals surface area contributed by atoms with E-state index in [9.17, 15) is 0 Å². The molecule has 5 heteroatoms. The lowest BCUT2D eigenvalue weighted by molar-refractivity contribution is 0.249. The van der Waals surface area contributed by atoms with Crippen molar-refractivity contribution >= 4 is 17.7 Å². The number of anilines is 2. The van der Waals surface area contributed by atoms with Crippen LogP contribution in [0.3, 0.4) is 0 Å². The number of rotatable bonds is 5. The molecule has 0 N–H and O–H groups in total. The van der Waals surface area contributed by atoms with Crippen molar-refractivity contribution in [3.8, 4) is 0 Å². The molecule has 0 aliphatic carbocycles. The summed E-state index contributed by atoms with van der Waals surface area (Å²) < 4.78 is 0. The molecular formula is C25H27N5. The van der Waals surface area contributed by atoms with Crippen LogP contribution in [0.15, 0.2) is 77.9 Å². The summed E-state index contributed by atoms with van der Waals surface area (Å²) in [6, 6.07) is 23.6. The third-order valence-corrected chi connectivity index (χ3v) is 5.88. The number of nitrogens with zero attached hydrogens (tertiary/aromatic N) is 5. The van der Waals surface area contributed by atoms with Crippen LogP contribution in [-0.4, -0.2) is 48.9 Å². The van der Waals surface area contributed by atoms with E-state index in [-0.39, 0.29) is 0 Å². The quantitative estimate of drug-likeness (QED) is 0.656. The highest BCUT2D eigenvalue weighted by Gasteiger charge is 2.18. The average Bonchev–Trinajstić information content (AvgIpc) is 2.81. The molecule has 2 aliphatic rings. The van der Waals surface area contributed by atoms with Crippen molar-refractivity contribution in [3.05, 3.63) is 89.6 Å². The van der Waals surface area contributed by atoms with Crippen LogP contribution in [-0.2, 0) is 13.1 Å². The van der Waals surface area contributed by atoms with Gasteiger partial charge in [0.1, 0.15) is 12.5 Å². The smallest absolute Gasteiger partial charge is 0.128 e. The first-order valence-corrected chi connectivity index (χ1v) is 10.7. The standard InChI is InChI=1S/C25H27N5/c1-2-9-24-23(8-1)17-26-20-30(24)19-22-7-5-6-21(16-22)18-28-12-14-29(15-13-28)25-10-3-4-11-27-25/h1-11,16-17H,12-15,18-20H2. The van der Waals surface area contributed by atoms with E-state index >= 15 is 0 Å². The number of fused-ring (bicyclic) bond motifs is 1. The van der Waals surface area contributed by atoms with Gasteiger partial charge in [-0.15, -0.1) is 0 Å². The van der Waals surface area contributed by atoms with Crippen LogP contribution in [0.4, 0.5) is 11.5 Å². The maximum absolute atomic E-state index is 4.53. The monoisotopic (exact) mass is 397 g/mol. The van der Waals surface area contributed by atoms with E-state index in [2.05, 4.69) is 85.3 Å². The van der Waals surface area contributed by atoms with Crippen LogP contribution in [0, 0.1) is 0 Å². The lowest BCUT2D eigenvalue weighted by Crippen LogP contribution is -2.46. The zero-order valence-corrected chi connectivity index (χ0v) is 17.2. The molecule has 2 aromatic carbocycles. The minimum atomic E-state index is 0.719. The molecule has 0 saturated carbocycles. The van der Waals surface area contributed by atoms with Crippen LogP contribution in [0.1, 0.15) is 16.7 Å². The summed E-state index contributed by atoms with van der Waals surface area (Å²) in [5.74, 6) is 1.09. The highest BCUT2D eigenvalue weighted by molar-refractivity contribution is 5.89. The summed E-state index contributed by atoms with van der Waals surface area (Å²) in [4.78, 5) is 16.3. The van der Waals surface area contributed by atoms with E-state index in [0.717, 1.165) is 51.8 Å². The number of aliphatic imine (C=N–C) groups is 1. The second-order valence-corrected chi connectivity index (χ2v) is 7.98. The largest absolute Gasteiger partial charge is 0.354 e. The van der Waals surface area contributed by atoms with Gasteiger partial charge < -0.3 is 9.80 Å². The number of hydrogen-bond acceptors (Lipinski definition) is 5. The van der Waals surface area contributed by atoms with Crippen LogP contribution >= 0.6 is 0 Å². The normalized spacial score (nSPS) is 16.5. The average molecular weight is 398 g/mol. The lowest BCUT2D eigenvalue weighted by atomic mass is 10.1. The Balaban J connectivity index is 1.21. The first-order chi connectivity index (χ1) is 14.8. The van der Waals surface area contributed by atoms with Crippen molar-refractivity contribution in [2.45, 2.75) is 13.1 Å². The molecule has 3 aromatic rings. The predicted molar refractivity (Wildman–Crippen MR) is 123 cm³/mol. The van der Waals surface area contributed by atoms with Gasteiger partial charge in [-0.1, -0.05) is 48.5 Å². The third kappa shape index (κ3) is 4.21. The minimum absolute atomic E-state index is 0.719. The van der Waals surface area contributed by atoms with Crippen molar-refractivity contribution in [2.24, 2.45) is 4.99 Å². The number of hydrogen-bond donors (Lipinski definition) is 0. The molecule has 0 bridgehead atoms. The Hall–Kier alpha value is -3.18. The maximum atomic E-state index is 4.53. The summed E-state index contributed by atoms with van der Waals surface area (Å²) in [7, 11) is 0. The summed E-state index contributed by atoms with van der Waals surface area (Å²) >= 11 is 0. The maximum Gasteiger partial charge on any atom is 0.128 e. The Morgan fingerprint density at radius 3 is 2.40 bits per heavy atom. The molecular weight excluding hydrogens is 370 g/mol. The van der Waals surface area contributed by atoms with Crippen molar-refractivity contribution in [3.63, 3.8) is 0 Å².